The lowest BCUT2D eigenvalue weighted by molar-refractivity contribution is -0.164. The van der Waals surface area contributed by atoms with Gasteiger partial charge >= 0.3 is 0 Å². The number of piperazine rings is 1. The molecule has 0 aliphatic carbocycles. The molecule has 7 nitrogen and oxygen atoms in total. The number of halogens is 1. The number of carbonyl (C=O) groups is 2. The summed E-state index contributed by atoms with van der Waals surface area (Å²) in [7, 11) is -3.88. The van der Waals surface area contributed by atoms with Crippen LogP contribution in [0.25, 0.3) is 0 Å². The molecular weight excluding hydrogens is 462 g/mol. The second kappa shape index (κ2) is 9.08. The molecule has 2 aromatic carbocycles. The number of nitrogens with zero attached hydrogens (tertiary/aromatic N) is 3. The molecule has 2 amide bonds. The summed E-state index contributed by atoms with van der Waals surface area (Å²) in [5.41, 5.74) is 2.36. The molecule has 2 aliphatic heterocycles. The molecule has 33 heavy (non-hydrogen) atoms. The van der Waals surface area contributed by atoms with Crippen molar-refractivity contribution >= 4 is 33.4 Å². The highest BCUT2D eigenvalue weighted by Gasteiger charge is 2.50. The van der Waals surface area contributed by atoms with Crippen LogP contribution in [-0.2, 0) is 26.0 Å². The molecule has 0 bridgehead atoms. The summed E-state index contributed by atoms with van der Waals surface area (Å²) in [5.74, 6) is -0.362. The molecule has 0 spiro atoms. The van der Waals surface area contributed by atoms with E-state index in [-0.39, 0.29) is 36.2 Å². The molecule has 2 atom stereocenters. The minimum absolute atomic E-state index is 0.0388. The molecule has 2 unspecified atom stereocenters. The van der Waals surface area contributed by atoms with Crippen LogP contribution in [-0.4, -0.2) is 66.2 Å². The molecular formula is C24H28ClN3O4S. The normalized spacial score (nSPS) is 21.9. The SMILES string of the molecule is CCN1CC2N(C(=O)CCN2S(=O)(=O)c2cc(C)ccc2C)C(Cc2ccc(Cl)cc2)C1=O. The smallest absolute Gasteiger partial charge is 0.245 e. The average molecular weight is 490 g/mol. The van der Waals surface area contributed by atoms with Gasteiger partial charge in [0.25, 0.3) is 0 Å². The third kappa shape index (κ3) is 4.39. The van der Waals surface area contributed by atoms with E-state index in [0.29, 0.717) is 23.6 Å². The summed E-state index contributed by atoms with van der Waals surface area (Å²) in [6.45, 7) is 6.17. The number of carbonyl (C=O) groups excluding carboxylic acids is 2. The standard InChI is InChI=1S/C24H28ClN3O4S/c1-4-26-15-22-27(33(31,32)21-13-16(2)5-6-17(21)3)12-11-23(29)28(22)20(24(26)30)14-18-7-9-19(25)10-8-18/h5-10,13,20,22H,4,11-12,14-15H2,1-3H3. The highest BCUT2D eigenvalue weighted by atomic mass is 35.5. The quantitative estimate of drug-likeness (QED) is 0.647. The van der Waals surface area contributed by atoms with Gasteiger partial charge in [0.2, 0.25) is 21.8 Å². The molecule has 2 heterocycles. The minimum Gasteiger partial charge on any atom is -0.338 e. The van der Waals surface area contributed by atoms with Crippen molar-refractivity contribution in [3.05, 3.63) is 64.2 Å². The van der Waals surface area contributed by atoms with Crippen molar-refractivity contribution in [2.75, 3.05) is 19.6 Å². The van der Waals surface area contributed by atoms with Gasteiger partial charge in [-0.3, -0.25) is 9.59 Å². The van der Waals surface area contributed by atoms with Gasteiger partial charge in [-0.05, 0) is 55.7 Å². The Bertz CT molecular complexity index is 1180. The molecule has 0 aromatic heterocycles. The van der Waals surface area contributed by atoms with E-state index in [1.54, 1.807) is 36.1 Å². The first-order valence-corrected chi connectivity index (χ1v) is 12.9. The van der Waals surface area contributed by atoms with Crippen LogP contribution in [0, 0.1) is 13.8 Å². The Balaban J connectivity index is 1.75. The summed E-state index contributed by atoms with van der Waals surface area (Å²) < 4.78 is 28.9. The van der Waals surface area contributed by atoms with Gasteiger partial charge in [-0.2, -0.15) is 4.31 Å². The second-order valence-corrected chi connectivity index (χ2v) is 10.9. The van der Waals surface area contributed by atoms with Crippen LogP contribution in [0.3, 0.4) is 0 Å². The van der Waals surface area contributed by atoms with E-state index < -0.39 is 22.2 Å². The zero-order valence-electron chi connectivity index (χ0n) is 19.0. The van der Waals surface area contributed by atoms with E-state index in [1.807, 2.05) is 32.0 Å². The van der Waals surface area contributed by atoms with Crippen molar-refractivity contribution in [1.82, 2.24) is 14.1 Å². The lowest BCUT2D eigenvalue weighted by atomic mass is 9.98. The first kappa shape index (κ1) is 23.7. The van der Waals surface area contributed by atoms with Gasteiger partial charge in [0.05, 0.1) is 11.4 Å². The molecule has 2 aliphatic rings. The molecule has 0 saturated carbocycles. The third-order valence-electron chi connectivity index (χ3n) is 6.46. The monoisotopic (exact) mass is 489 g/mol. The second-order valence-electron chi connectivity index (χ2n) is 8.64. The molecule has 2 fully saturated rings. The van der Waals surface area contributed by atoms with Gasteiger partial charge in [0, 0.05) is 31.0 Å². The van der Waals surface area contributed by atoms with Gasteiger partial charge in [-0.25, -0.2) is 8.42 Å². The molecule has 9 heteroatoms. The molecule has 176 valence electrons. The maximum atomic E-state index is 13.8. The van der Waals surface area contributed by atoms with Gasteiger partial charge in [-0.15, -0.1) is 0 Å². The highest BCUT2D eigenvalue weighted by Crippen LogP contribution is 2.32. The predicted octanol–water partition coefficient (Wildman–Crippen LogP) is 2.98. The lowest BCUT2D eigenvalue weighted by Gasteiger charge is -2.51. The summed E-state index contributed by atoms with van der Waals surface area (Å²) in [4.78, 5) is 29.7. The maximum absolute atomic E-state index is 13.8. The van der Waals surface area contributed by atoms with Crippen LogP contribution < -0.4 is 0 Å². The highest BCUT2D eigenvalue weighted by molar-refractivity contribution is 7.89. The van der Waals surface area contributed by atoms with E-state index in [0.717, 1.165) is 11.1 Å². The molecule has 2 aromatic rings. The summed E-state index contributed by atoms with van der Waals surface area (Å²) in [6, 6.07) is 11.7. The fraction of sp³-hybridized carbons (Fsp3) is 0.417. The Morgan fingerprint density at radius 3 is 2.42 bits per heavy atom. The van der Waals surface area contributed by atoms with Crippen LogP contribution in [0.15, 0.2) is 47.4 Å². The van der Waals surface area contributed by atoms with E-state index in [4.69, 9.17) is 11.6 Å². The number of rotatable bonds is 5. The zero-order chi connectivity index (χ0) is 23.9. The molecule has 0 N–H and O–H groups in total. The van der Waals surface area contributed by atoms with Crippen LogP contribution >= 0.6 is 11.6 Å². The number of hydrogen-bond donors (Lipinski definition) is 0. The summed E-state index contributed by atoms with van der Waals surface area (Å²) in [6.07, 6.45) is -0.408. The topological polar surface area (TPSA) is 78.0 Å². The van der Waals surface area contributed by atoms with Crippen LogP contribution in [0.4, 0.5) is 0 Å². The third-order valence-corrected chi connectivity index (χ3v) is 8.75. The van der Waals surface area contributed by atoms with E-state index in [9.17, 15) is 18.0 Å². The van der Waals surface area contributed by atoms with Gasteiger partial charge in [0.1, 0.15) is 12.2 Å². The van der Waals surface area contributed by atoms with Crippen LogP contribution in [0.1, 0.15) is 30.0 Å². The van der Waals surface area contributed by atoms with Gasteiger partial charge in [-0.1, -0.05) is 35.9 Å². The number of aryl methyl sites for hydroxylation is 2. The number of amides is 2. The van der Waals surface area contributed by atoms with Gasteiger partial charge in [0.15, 0.2) is 0 Å². The fourth-order valence-electron chi connectivity index (χ4n) is 4.67. The van der Waals surface area contributed by atoms with Gasteiger partial charge < -0.3 is 9.80 Å². The van der Waals surface area contributed by atoms with E-state index >= 15 is 0 Å². The maximum Gasteiger partial charge on any atom is 0.245 e. The van der Waals surface area contributed by atoms with Crippen LogP contribution in [0.2, 0.25) is 5.02 Å². The average Bonchev–Trinajstić information content (AvgIpc) is 2.78. The van der Waals surface area contributed by atoms with Crippen molar-refractivity contribution in [3.8, 4) is 0 Å². The summed E-state index contributed by atoms with van der Waals surface area (Å²) in [5, 5.41) is 0.585. The van der Waals surface area contributed by atoms with E-state index in [1.165, 1.54) is 9.21 Å². The fourth-order valence-corrected chi connectivity index (χ4v) is 6.68. The Morgan fingerprint density at radius 1 is 1.06 bits per heavy atom. The largest absolute Gasteiger partial charge is 0.338 e. The van der Waals surface area contributed by atoms with E-state index in [2.05, 4.69) is 0 Å². The number of hydrogen-bond acceptors (Lipinski definition) is 4. The summed E-state index contributed by atoms with van der Waals surface area (Å²) >= 11 is 6.00. The van der Waals surface area contributed by atoms with Crippen LogP contribution in [0.5, 0.6) is 0 Å². The Kier molecular flexibility index (Phi) is 6.53. The zero-order valence-corrected chi connectivity index (χ0v) is 20.6. The van der Waals surface area contributed by atoms with Crippen molar-refractivity contribution < 1.29 is 18.0 Å². The first-order valence-electron chi connectivity index (χ1n) is 11.1. The number of likely N-dealkylation sites (N-methyl/N-ethyl adjacent to an activating group) is 1. The Hall–Kier alpha value is -2.42. The van der Waals surface area contributed by atoms with Crippen molar-refractivity contribution in [1.29, 1.82) is 0 Å². The Labute approximate surface area is 200 Å². The van der Waals surface area contributed by atoms with Crippen molar-refractivity contribution in [2.24, 2.45) is 0 Å². The molecule has 0 radical (unpaired) electrons. The first-order chi connectivity index (χ1) is 15.6. The lowest BCUT2D eigenvalue weighted by Crippen LogP contribution is -2.71. The molecule has 4 rings (SSSR count). The van der Waals surface area contributed by atoms with Crippen molar-refractivity contribution in [3.63, 3.8) is 0 Å². The number of benzene rings is 2. The number of fused-ring (bicyclic) bond motifs is 1. The minimum atomic E-state index is -3.88. The number of sulfonamides is 1. The molecule has 2 saturated heterocycles. The van der Waals surface area contributed by atoms with Crippen molar-refractivity contribution in [2.45, 2.75) is 50.7 Å². The Morgan fingerprint density at radius 2 is 1.76 bits per heavy atom. The predicted molar refractivity (Wildman–Crippen MR) is 126 cm³/mol.